The molecule has 2 saturated carbocycles. The van der Waals surface area contributed by atoms with Gasteiger partial charge in [-0.3, -0.25) is 0 Å². The second kappa shape index (κ2) is 7.57. The number of hydrogen-bond acceptors (Lipinski definition) is 2. The van der Waals surface area contributed by atoms with Crippen LogP contribution in [0.5, 0.6) is 5.75 Å². The second-order valence-corrected chi connectivity index (χ2v) is 15.7. The van der Waals surface area contributed by atoms with Crippen molar-refractivity contribution in [3.63, 3.8) is 0 Å². The molecule has 3 aliphatic rings. The molecule has 0 aromatic heterocycles. The van der Waals surface area contributed by atoms with Gasteiger partial charge in [0.1, 0.15) is 5.75 Å². The topological polar surface area (TPSA) is 40.5 Å². The van der Waals surface area contributed by atoms with E-state index in [2.05, 4.69) is 45.5 Å². The molecule has 0 spiro atoms. The van der Waals surface area contributed by atoms with Crippen molar-refractivity contribution in [3.8, 4) is 5.75 Å². The lowest BCUT2D eigenvalue weighted by Gasteiger charge is -2.53. The molecular formula is C26H40O2Si. The number of rotatable bonds is 5. The van der Waals surface area contributed by atoms with Crippen LogP contribution in [0.1, 0.15) is 76.8 Å². The number of fused-ring (bicyclic) bond motifs is 5. The van der Waals surface area contributed by atoms with Gasteiger partial charge >= 0.3 is 0 Å². The normalized spacial score (nSPS) is 36.7. The van der Waals surface area contributed by atoms with Crippen LogP contribution in [0, 0.1) is 17.3 Å². The van der Waals surface area contributed by atoms with E-state index in [0.717, 1.165) is 25.7 Å². The molecule has 0 heterocycles. The van der Waals surface area contributed by atoms with E-state index in [4.69, 9.17) is 0 Å². The molecule has 2 fully saturated rings. The Kier molecular flexibility index (Phi) is 5.53. The lowest BCUT2D eigenvalue weighted by atomic mass is 9.53. The van der Waals surface area contributed by atoms with Gasteiger partial charge in [0, 0.05) is 5.41 Å². The Balaban J connectivity index is 1.62. The maximum absolute atomic E-state index is 11.9. The quantitative estimate of drug-likeness (QED) is 0.536. The highest BCUT2D eigenvalue weighted by Crippen LogP contribution is 2.64. The van der Waals surface area contributed by atoms with Crippen molar-refractivity contribution in [2.45, 2.75) is 95.9 Å². The van der Waals surface area contributed by atoms with Crippen molar-refractivity contribution < 1.29 is 10.2 Å². The SMILES string of the molecule is CC[Si](/C=C/[C@]1(O)CC[C@H]2[C@@H]3CCc4cc(O)ccc4[C@H]3CC[C@@]21C)(CC)CC. The summed E-state index contributed by atoms with van der Waals surface area (Å²) in [5, 5.41) is 21.8. The number of phenolic OH excluding ortho intramolecular Hbond substituents is 1. The molecule has 1 aromatic rings. The third-order valence-corrected chi connectivity index (χ3v) is 14.8. The van der Waals surface area contributed by atoms with Crippen LogP contribution < -0.4 is 0 Å². The Morgan fingerprint density at radius 3 is 2.48 bits per heavy atom. The van der Waals surface area contributed by atoms with Crippen molar-refractivity contribution in [1.29, 1.82) is 0 Å². The first kappa shape index (κ1) is 21.2. The summed E-state index contributed by atoms with van der Waals surface area (Å²) >= 11 is 0. The van der Waals surface area contributed by atoms with E-state index in [1.54, 1.807) is 0 Å². The van der Waals surface area contributed by atoms with E-state index in [1.165, 1.54) is 42.1 Å². The number of phenols is 1. The Morgan fingerprint density at radius 2 is 1.79 bits per heavy atom. The molecule has 0 aliphatic heterocycles. The number of aryl methyl sites for hydroxylation is 1. The van der Waals surface area contributed by atoms with Crippen LogP contribution >= 0.6 is 0 Å². The molecule has 4 rings (SSSR count). The third kappa shape index (κ3) is 3.24. The highest BCUT2D eigenvalue weighted by molar-refractivity contribution is 6.84. The van der Waals surface area contributed by atoms with Gasteiger partial charge in [0.2, 0.25) is 0 Å². The fourth-order valence-electron chi connectivity index (χ4n) is 7.31. The minimum absolute atomic E-state index is 0.00839. The first-order valence-corrected chi connectivity index (χ1v) is 14.8. The molecule has 29 heavy (non-hydrogen) atoms. The van der Waals surface area contributed by atoms with Crippen LogP contribution in [-0.2, 0) is 6.42 Å². The van der Waals surface area contributed by atoms with Gasteiger partial charge in [0.15, 0.2) is 0 Å². The molecule has 3 heteroatoms. The van der Waals surface area contributed by atoms with Gasteiger partial charge in [-0.1, -0.05) is 63.7 Å². The van der Waals surface area contributed by atoms with E-state index in [9.17, 15) is 10.2 Å². The van der Waals surface area contributed by atoms with Gasteiger partial charge in [-0.2, -0.15) is 0 Å². The van der Waals surface area contributed by atoms with Gasteiger partial charge in [-0.25, -0.2) is 0 Å². The standard InChI is InChI=1S/C26H40O2Si/c1-5-29(6-2,7-3)17-16-26(28)15-13-24-23-10-8-19-18-20(27)9-11-21(19)22(23)12-14-25(24,26)4/h9,11,16-18,22-24,27-28H,5-8,10,12-15H2,1-4H3/b17-16+/t22-,23-,24+,25+,26-/m1/s1. The predicted molar refractivity (Wildman–Crippen MR) is 124 cm³/mol. The minimum atomic E-state index is -1.37. The fourth-order valence-corrected chi connectivity index (χ4v) is 10.1. The first-order chi connectivity index (χ1) is 13.8. The van der Waals surface area contributed by atoms with E-state index in [0.29, 0.717) is 23.5 Å². The molecule has 160 valence electrons. The summed E-state index contributed by atoms with van der Waals surface area (Å²) in [4.78, 5) is 0. The Labute approximate surface area is 178 Å². The minimum Gasteiger partial charge on any atom is -0.508 e. The monoisotopic (exact) mass is 412 g/mol. The lowest BCUT2D eigenvalue weighted by Crippen LogP contribution is -2.50. The molecule has 0 unspecified atom stereocenters. The molecular weight excluding hydrogens is 372 g/mol. The summed E-state index contributed by atoms with van der Waals surface area (Å²) in [5.74, 6) is 2.30. The predicted octanol–water partition coefficient (Wildman–Crippen LogP) is 6.58. The molecule has 0 radical (unpaired) electrons. The summed E-state index contributed by atoms with van der Waals surface area (Å²) in [7, 11) is -1.37. The van der Waals surface area contributed by atoms with Gasteiger partial charge < -0.3 is 10.2 Å². The highest BCUT2D eigenvalue weighted by Gasteiger charge is 2.60. The Bertz CT molecular complexity index is 775. The molecule has 1 aromatic carbocycles. The van der Waals surface area contributed by atoms with Crippen molar-refractivity contribution in [2.75, 3.05) is 0 Å². The summed E-state index contributed by atoms with van der Waals surface area (Å²) in [6.07, 6.45) is 8.94. The summed E-state index contributed by atoms with van der Waals surface area (Å²) < 4.78 is 0. The summed E-state index contributed by atoms with van der Waals surface area (Å²) in [5.41, 5.74) is 4.73. The van der Waals surface area contributed by atoms with Crippen LogP contribution in [0.3, 0.4) is 0 Å². The van der Waals surface area contributed by atoms with E-state index in [-0.39, 0.29) is 5.41 Å². The largest absolute Gasteiger partial charge is 0.508 e. The number of aromatic hydroxyl groups is 1. The molecule has 0 bridgehead atoms. The van der Waals surface area contributed by atoms with Gasteiger partial charge in [0.25, 0.3) is 0 Å². The lowest BCUT2D eigenvalue weighted by molar-refractivity contribution is -0.0709. The average Bonchev–Trinajstić information content (AvgIpc) is 3.00. The number of hydrogen-bond donors (Lipinski definition) is 2. The highest BCUT2D eigenvalue weighted by atomic mass is 28.3. The summed E-state index contributed by atoms with van der Waals surface area (Å²) in [6, 6.07) is 9.86. The maximum Gasteiger partial charge on any atom is 0.115 e. The van der Waals surface area contributed by atoms with Crippen LogP contribution in [-0.4, -0.2) is 23.9 Å². The third-order valence-electron chi connectivity index (χ3n) is 9.75. The van der Waals surface area contributed by atoms with Gasteiger partial charge in [0.05, 0.1) is 13.7 Å². The maximum atomic E-state index is 11.9. The van der Waals surface area contributed by atoms with Crippen molar-refractivity contribution >= 4 is 8.07 Å². The van der Waals surface area contributed by atoms with Gasteiger partial charge in [-0.15, -0.1) is 0 Å². The molecule has 3 aliphatic carbocycles. The van der Waals surface area contributed by atoms with E-state index in [1.807, 2.05) is 12.1 Å². The molecule has 0 saturated heterocycles. The average molecular weight is 413 g/mol. The molecule has 2 N–H and O–H groups in total. The molecule has 5 atom stereocenters. The Morgan fingerprint density at radius 1 is 1.07 bits per heavy atom. The number of benzene rings is 1. The summed E-state index contributed by atoms with van der Waals surface area (Å²) in [6.45, 7) is 9.42. The van der Waals surface area contributed by atoms with Gasteiger partial charge in [-0.05, 0) is 79.5 Å². The van der Waals surface area contributed by atoms with Crippen LogP contribution in [0.15, 0.2) is 30.0 Å². The van der Waals surface area contributed by atoms with Crippen LogP contribution in [0.4, 0.5) is 0 Å². The van der Waals surface area contributed by atoms with Crippen molar-refractivity contribution in [1.82, 2.24) is 0 Å². The zero-order valence-corrected chi connectivity index (χ0v) is 19.9. The smallest absolute Gasteiger partial charge is 0.115 e. The second-order valence-electron chi connectivity index (χ2n) is 10.5. The number of aliphatic hydroxyl groups is 1. The molecule has 2 nitrogen and oxygen atoms in total. The fraction of sp³-hybridized carbons (Fsp3) is 0.692. The van der Waals surface area contributed by atoms with Crippen molar-refractivity contribution in [3.05, 3.63) is 41.1 Å². The van der Waals surface area contributed by atoms with Crippen LogP contribution in [0.2, 0.25) is 18.1 Å². The van der Waals surface area contributed by atoms with Crippen LogP contribution in [0.25, 0.3) is 0 Å². The molecule has 0 amide bonds. The zero-order valence-electron chi connectivity index (χ0n) is 18.9. The first-order valence-electron chi connectivity index (χ1n) is 12.1. The van der Waals surface area contributed by atoms with E-state index < -0.39 is 13.7 Å². The Hall–Kier alpha value is -1.06. The van der Waals surface area contributed by atoms with Crippen molar-refractivity contribution in [2.24, 2.45) is 17.3 Å². The van der Waals surface area contributed by atoms with E-state index >= 15 is 0 Å². The zero-order chi connectivity index (χ0) is 20.9.